The second kappa shape index (κ2) is 6.68. The third-order valence-electron chi connectivity index (χ3n) is 3.36. The number of nitrogens with one attached hydrogen (secondary N) is 1. The largest absolute Gasteiger partial charge is 0.324 e. The predicted octanol–water partition coefficient (Wildman–Crippen LogP) is 3.59. The zero-order valence-electron chi connectivity index (χ0n) is 12.5. The number of hydrogen-bond acceptors (Lipinski definition) is 3. The van der Waals surface area contributed by atoms with E-state index in [1.54, 1.807) is 18.2 Å². The topological polar surface area (TPSA) is 63.2 Å². The van der Waals surface area contributed by atoms with E-state index in [2.05, 4.69) is 5.32 Å². The number of carbonyl (C=O) groups is 1. The van der Waals surface area contributed by atoms with Gasteiger partial charge in [0.25, 0.3) is 0 Å². The molecule has 23 heavy (non-hydrogen) atoms. The Kier molecular flexibility index (Phi) is 5.06. The fourth-order valence-corrected chi connectivity index (χ4v) is 3.47. The molecule has 0 spiro atoms. The monoisotopic (exact) mass is 355 g/mol. The van der Waals surface area contributed by atoms with E-state index in [4.69, 9.17) is 11.6 Å². The Balaban J connectivity index is 2.23. The summed E-state index contributed by atoms with van der Waals surface area (Å²) in [5, 5.41) is 1.48. The first-order valence-corrected chi connectivity index (χ1v) is 8.70. The van der Waals surface area contributed by atoms with Gasteiger partial charge in [-0.05, 0) is 55.8 Å². The molecule has 0 aliphatic carbocycles. The highest BCUT2D eigenvalue weighted by Gasteiger charge is 2.30. The normalized spacial score (nSPS) is 12.7. The van der Waals surface area contributed by atoms with Crippen LogP contribution in [0.5, 0.6) is 0 Å². The molecule has 0 heterocycles. The molecule has 0 aliphatic rings. The number of rotatable bonds is 4. The van der Waals surface area contributed by atoms with Crippen molar-refractivity contribution >= 4 is 33.0 Å². The molecule has 2 aromatic rings. The van der Waals surface area contributed by atoms with E-state index in [0.717, 1.165) is 29.8 Å². The van der Waals surface area contributed by atoms with Gasteiger partial charge in [0.1, 0.15) is 11.1 Å². The van der Waals surface area contributed by atoms with Gasteiger partial charge in [-0.15, -0.1) is 0 Å². The van der Waals surface area contributed by atoms with Crippen molar-refractivity contribution in [2.45, 2.75) is 24.0 Å². The standard InChI is InChI=1S/C16H15ClFNO3S/c1-10-3-8-15(14(17)9-10)19-16(20)11(2)23(21,22)13-6-4-12(18)5-7-13/h3-9,11H,1-2H3,(H,19,20). The minimum Gasteiger partial charge on any atom is -0.324 e. The average Bonchev–Trinajstić information content (AvgIpc) is 2.49. The quantitative estimate of drug-likeness (QED) is 0.852. The third-order valence-corrected chi connectivity index (χ3v) is 5.75. The maximum Gasteiger partial charge on any atom is 0.242 e. The fourth-order valence-electron chi connectivity index (χ4n) is 1.93. The number of aryl methyl sites for hydroxylation is 1. The molecule has 0 aromatic heterocycles. The molecule has 0 radical (unpaired) electrons. The minimum atomic E-state index is -3.92. The zero-order chi connectivity index (χ0) is 17.2. The van der Waals surface area contributed by atoms with Gasteiger partial charge >= 0.3 is 0 Å². The maximum absolute atomic E-state index is 12.9. The summed E-state index contributed by atoms with van der Waals surface area (Å²) in [6, 6.07) is 9.35. The summed E-state index contributed by atoms with van der Waals surface area (Å²) >= 11 is 6.02. The number of hydrogen-bond donors (Lipinski definition) is 1. The molecule has 0 fully saturated rings. The van der Waals surface area contributed by atoms with Crippen LogP contribution in [0.1, 0.15) is 12.5 Å². The number of sulfone groups is 1. The lowest BCUT2D eigenvalue weighted by atomic mass is 10.2. The van der Waals surface area contributed by atoms with Crippen LogP contribution in [0.2, 0.25) is 5.02 Å². The van der Waals surface area contributed by atoms with E-state index in [9.17, 15) is 17.6 Å². The van der Waals surface area contributed by atoms with Gasteiger partial charge < -0.3 is 5.32 Å². The van der Waals surface area contributed by atoms with Gasteiger partial charge in [0.05, 0.1) is 15.6 Å². The van der Waals surface area contributed by atoms with Gasteiger partial charge in [-0.2, -0.15) is 0 Å². The van der Waals surface area contributed by atoms with Crippen LogP contribution in [0.3, 0.4) is 0 Å². The van der Waals surface area contributed by atoms with E-state index in [1.807, 2.05) is 6.92 Å². The van der Waals surface area contributed by atoms with Crippen LogP contribution in [0.4, 0.5) is 10.1 Å². The van der Waals surface area contributed by atoms with Crippen molar-refractivity contribution in [3.63, 3.8) is 0 Å². The van der Waals surface area contributed by atoms with Crippen molar-refractivity contribution in [2.24, 2.45) is 0 Å². The number of carbonyl (C=O) groups excluding carboxylic acids is 1. The highest BCUT2D eigenvalue weighted by atomic mass is 35.5. The second-order valence-electron chi connectivity index (χ2n) is 5.11. The van der Waals surface area contributed by atoms with Crippen molar-refractivity contribution in [3.05, 3.63) is 58.9 Å². The zero-order valence-corrected chi connectivity index (χ0v) is 14.1. The molecule has 1 unspecified atom stereocenters. The van der Waals surface area contributed by atoms with E-state index >= 15 is 0 Å². The first-order chi connectivity index (χ1) is 10.7. The van der Waals surface area contributed by atoms with Crippen molar-refractivity contribution < 1.29 is 17.6 Å². The number of anilines is 1. The van der Waals surface area contributed by atoms with Crippen LogP contribution >= 0.6 is 11.6 Å². The van der Waals surface area contributed by atoms with Gasteiger partial charge in [-0.1, -0.05) is 17.7 Å². The molecule has 7 heteroatoms. The Morgan fingerprint density at radius 1 is 1.17 bits per heavy atom. The van der Waals surface area contributed by atoms with Crippen molar-refractivity contribution in [3.8, 4) is 0 Å². The lowest BCUT2D eigenvalue weighted by Crippen LogP contribution is -2.32. The predicted molar refractivity (Wildman–Crippen MR) is 87.9 cm³/mol. The summed E-state index contributed by atoms with van der Waals surface area (Å²) in [4.78, 5) is 12.1. The third kappa shape index (κ3) is 3.89. The van der Waals surface area contributed by atoms with Gasteiger partial charge in [0.15, 0.2) is 9.84 Å². The first kappa shape index (κ1) is 17.4. The van der Waals surface area contributed by atoms with Crippen LogP contribution in [0.25, 0.3) is 0 Å². The second-order valence-corrected chi connectivity index (χ2v) is 7.79. The van der Waals surface area contributed by atoms with Gasteiger partial charge in [-0.3, -0.25) is 4.79 Å². The van der Waals surface area contributed by atoms with Crippen LogP contribution in [-0.2, 0) is 14.6 Å². The summed E-state index contributed by atoms with van der Waals surface area (Å²) in [5.74, 6) is -1.26. The molecule has 122 valence electrons. The molecule has 1 atom stereocenters. The Morgan fingerprint density at radius 3 is 2.35 bits per heavy atom. The number of halogens is 2. The summed E-state index contributed by atoms with van der Waals surface area (Å²) < 4.78 is 37.7. The van der Waals surface area contributed by atoms with E-state index < -0.39 is 26.8 Å². The highest BCUT2D eigenvalue weighted by molar-refractivity contribution is 7.92. The molecule has 1 N–H and O–H groups in total. The average molecular weight is 356 g/mol. The molecule has 1 amide bonds. The molecule has 0 saturated heterocycles. The summed E-state index contributed by atoms with van der Waals surface area (Å²) in [7, 11) is -3.92. The van der Waals surface area contributed by atoms with Crippen molar-refractivity contribution in [2.75, 3.05) is 5.32 Å². The highest BCUT2D eigenvalue weighted by Crippen LogP contribution is 2.24. The Hall–Kier alpha value is -1.92. The molecule has 2 rings (SSSR count). The number of benzene rings is 2. The summed E-state index contributed by atoms with van der Waals surface area (Å²) in [5.41, 5.74) is 1.25. The van der Waals surface area contributed by atoms with Gasteiger partial charge in [0, 0.05) is 0 Å². The SMILES string of the molecule is Cc1ccc(NC(=O)C(C)S(=O)(=O)c2ccc(F)cc2)c(Cl)c1. The van der Waals surface area contributed by atoms with Gasteiger partial charge in [-0.25, -0.2) is 12.8 Å². The molecule has 4 nitrogen and oxygen atoms in total. The molecule has 0 saturated carbocycles. The molecule has 0 bridgehead atoms. The van der Waals surface area contributed by atoms with Crippen LogP contribution in [0.15, 0.2) is 47.4 Å². The molecule has 2 aromatic carbocycles. The first-order valence-electron chi connectivity index (χ1n) is 6.78. The Labute approximate surface area is 139 Å². The Morgan fingerprint density at radius 2 is 1.78 bits per heavy atom. The minimum absolute atomic E-state index is 0.114. The summed E-state index contributed by atoms with van der Waals surface area (Å²) in [6.45, 7) is 3.12. The van der Waals surface area contributed by atoms with E-state index in [0.29, 0.717) is 10.7 Å². The molecule has 0 aliphatic heterocycles. The van der Waals surface area contributed by atoms with Crippen LogP contribution < -0.4 is 5.32 Å². The summed E-state index contributed by atoms with van der Waals surface area (Å²) in [6.07, 6.45) is 0. The van der Waals surface area contributed by atoms with Crippen LogP contribution in [0, 0.1) is 12.7 Å². The van der Waals surface area contributed by atoms with Crippen molar-refractivity contribution in [1.82, 2.24) is 0 Å². The van der Waals surface area contributed by atoms with Gasteiger partial charge in [0.2, 0.25) is 5.91 Å². The lowest BCUT2D eigenvalue weighted by molar-refractivity contribution is -0.115. The Bertz CT molecular complexity index is 835. The maximum atomic E-state index is 12.9. The lowest BCUT2D eigenvalue weighted by Gasteiger charge is -2.14. The fraction of sp³-hybridized carbons (Fsp3) is 0.188. The van der Waals surface area contributed by atoms with Crippen LogP contribution in [-0.4, -0.2) is 19.6 Å². The van der Waals surface area contributed by atoms with Crippen molar-refractivity contribution in [1.29, 1.82) is 0 Å². The number of amides is 1. The van der Waals surface area contributed by atoms with E-state index in [-0.39, 0.29) is 4.90 Å². The van der Waals surface area contributed by atoms with E-state index in [1.165, 1.54) is 6.92 Å². The molecular weight excluding hydrogens is 341 g/mol. The smallest absolute Gasteiger partial charge is 0.242 e. The molecular formula is C16H15ClFNO3S.